The number of rotatable bonds is 4. The SMILES string of the molecule is Cc1nn(CC(=O)NCc2cccnc2)c(C)c1Br. The maximum absolute atomic E-state index is 11.9. The molecule has 19 heavy (non-hydrogen) atoms. The molecule has 1 amide bonds. The van der Waals surface area contributed by atoms with Gasteiger partial charge in [-0.3, -0.25) is 14.5 Å². The first-order chi connectivity index (χ1) is 9.08. The summed E-state index contributed by atoms with van der Waals surface area (Å²) >= 11 is 3.44. The van der Waals surface area contributed by atoms with Gasteiger partial charge in [-0.1, -0.05) is 6.07 Å². The van der Waals surface area contributed by atoms with Crippen molar-refractivity contribution in [1.82, 2.24) is 20.1 Å². The van der Waals surface area contributed by atoms with E-state index in [0.29, 0.717) is 6.54 Å². The lowest BCUT2D eigenvalue weighted by Gasteiger charge is -2.06. The molecular formula is C13H15BrN4O. The molecule has 1 N–H and O–H groups in total. The molecular weight excluding hydrogens is 308 g/mol. The predicted molar refractivity (Wildman–Crippen MR) is 75.5 cm³/mol. The lowest BCUT2D eigenvalue weighted by molar-refractivity contribution is -0.122. The van der Waals surface area contributed by atoms with Crippen molar-refractivity contribution in [2.45, 2.75) is 26.9 Å². The number of amides is 1. The van der Waals surface area contributed by atoms with Crippen LogP contribution in [-0.2, 0) is 17.9 Å². The van der Waals surface area contributed by atoms with Gasteiger partial charge >= 0.3 is 0 Å². The Kier molecular flexibility index (Phi) is 4.31. The summed E-state index contributed by atoms with van der Waals surface area (Å²) in [6.45, 7) is 4.53. The Labute approximate surface area is 120 Å². The molecule has 0 saturated carbocycles. The average Bonchev–Trinajstić information content (AvgIpc) is 2.65. The standard InChI is InChI=1S/C13H15BrN4O/c1-9-13(14)10(2)18(17-9)8-12(19)16-7-11-4-3-5-15-6-11/h3-6H,7-8H2,1-2H3,(H,16,19). The van der Waals surface area contributed by atoms with Crippen LogP contribution in [0.2, 0.25) is 0 Å². The van der Waals surface area contributed by atoms with E-state index in [0.717, 1.165) is 21.4 Å². The Morgan fingerprint density at radius 3 is 2.84 bits per heavy atom. The van der Waals surface area contributed by atoms with Gasteiger partial charge in [-0.15, -0.1) is 0 Å². The minimum Gasteiger partial charge on any atom is -0.350 e. The summed E-state index contributed by atoms with van der Waals surface area (Å²) in [4.78, 5) is 15.9. The highest BCUT2D eigenvalue weighted by Gasteiger charge is 2.11. The van der Waals surface area contributed by atoms with Crippen LogP contribution in [0.5, 0.6) is 0 Å². The number of aromatic nitrogens is 3. The molecule has 2 rings (SSSR count). The maximum Gasteiger partial charge on any atom is 0.242 e. The van der Waals surface area contributed by atoms with Gasteiger partial charge < -0.3 is 5.32 Å². The van der Waals surface area contributed by atoms with Gasteiger partial charge in [0.1, 0.15) is 6.54 Å². The van der Waals surface area contributed by atoms with E-state index in [1.54, 1.807) is 17.1 Å². The number of nitrogens with one attached hydrogen (secondary N) is 1. The summed E-state index contributed by atoms with van der Waals surface area (Å²) in [6.07, 6.45) is 3.44. The van der Waals surface area contributed by atoms with Crippen molar-refractivity contribution in [3.05, 3.63) is 46.0 Å². The fourth-order valence-corrected chi connectivity index (χ4v) is 2.01. The fraction of sp³-hybridized carbons (Fsp3) is 0.308. The minimum atomic E-state index is -0.0676. The lowest BCUT2D eigenvalue weighted by Crippen LogP contribution is -2.28. The van der Waals surface area contributed by atoms with Crippen molar-refractivity contribution in [2.24, 2.45) is 0 Å². The molecule has 2 aromatic heterocycles. The van der Waals surface area contributed by atoms with Gasteiger partial charge in [-0.25, -0.2) is 0 Å². The Balaban J connectivity index is 1.93. The number of hydrogen-bond acceptors (Lipinski definition) is 3. The summed E-state index contributed by atoms with van der Waals surface area (Å²) in [5.74, 6) is -0.0676. The molecule has 0 bridgehead atoms. The molecule has 0 aliphatic heterocycles. The van der Waals surface area contributed by atoms with Crippen molar-refractivity contribution in [1.29, 1.82) is 0 Å². The molecule has 0 fully saturated rings. The zero-order valence-electron chi connectivity index (χ0n) is 10.9. The Bertz CT molecular complexity index is 580. The quantitative estimate of drug-likeness (QED) is 0.936. The van der Waals surface area contributed by atoms with Crippen LogP contribution in [0.15, 0.2) is 29.0 Å². The molecule has 2 heterocycles. The Hall–Kier alpha value is -1.69. The monoisotopic (exact) mass is 322 g/mol. The zero-order chi connectivity index (χ0) is 13.8. The Morgan fingerprint density at radius 1 is 1.47 bits per heavy atom. The van der Waals surface area contributed by atoms with Crippen LogP contribution >= 0.6 is 15.9 Å². The zero-order valence-corrected chi connectivity index (χ0v) is 12.4. The van der Waals surface area contributed by atoms with Crippen LogP contribution in [0.4, 0.5) is 0 Å². The molecule has 0 aromatic carbocycles. The van der Waals surface area contributed by atoms with E-state index in [4.69, 9.17) is 0 Å². The highest BCUT2D eigenvalue weighted by atomic mass is 79.9. The van der Waals surface area contributed by atoms with E-state index in [2.05, 4.69) is 31.3 Å². The van der Waals surface area contributed by atoms with Crippen LogP contribution in [0.1, 0.15) is 17.0 Å². The second kappa shape index (κ2) is 5.97. The summed E-state index contributed by atoms with van der Waals surface area (Å²) in [7, 11) is 0. The average molecular weight is 323 g/mol. The third-order valence-electron chi connectivity index (χ3n) is 2.80. The van der Waals surface area contributed by atoms with Gasteiger partial charge in [0.25, 0.3) is 0 Å². The van der Waals surface area contributed by atoms with E-state index in [9.17, 15) is 4.79 Å². The number of pyridine rings is 1. The number of halogens is 1. The van der Waals surface area contributed by atoms with Gasteiger partial charge in [-0.05, 0) is 41.4 Å². The highest BCUT2D eigenvalue weighted by molar-refractivity contribution is 9.10. The summed E-state index contributed by atoms with van der Waals surface area (Å²) in [6, 6.07) is 3.77. The van der Waals surface area contributed by atoms with Gasteiger partial charge in [0.15, 0.2) is 0 Å². The second-order valence-corrected chi connectivity index (χ2v) is 5.07. The molecule has 6 heteroatoms. The summed E-state index contributed by atoms with van der Waals surface area (Å²) in [5, 5.41) is 7.15. The van der Waals surface area contributed by atoms with E-state index >= 15 is 0 Å². The molecule has 0 saturated heterocycles. The summed E-state index contributed by atoms with van der Waals surface area (Å²) in [5.41, 5.74) is 2.82. The molecule has 0 spiro atoms. The number of aryl methyl sites for hydroxylation is 1. The third kappa shape index (κ3) is 3.41. The lowest BCUT2D eigenvalue weighted by atomic mass is 10.3. The normalized spacial score (nSPS) is 10.5. The molecule has 5 nitrogen and oxygen atoms in total. The van der Waals surface area contributed by atoms with Gasteiger partial charge in [0.2, 0.25) is 5.91 Å². The van der Waals surface area contributed by atoms with Gasteiger partial charge in [-0.2, -0.15) is 5.10 Å². The van der Waals surface area contributed by atoms with Crippen molar-refractivity contribution < 1.29 is 4.79 Å². The molecule has 0 atom stereocenters. The second-order valence-electron chi connectivity index (χ2n) is 4.28. The number of hydrogen-bond donors (Lipinski definition) is 1. The van der Waals surface area contributed by atoms with E-state index in [-0.39, 0.29) is 12.5 Å². The molecule has 100 valence electrons. The maximum atomic E-state index is 11.9. The number of carbonyl (C=O) groups excluding carboxylic acids is 1. The van der Waals surface area contributed by atoms with E-state index < -0.39 is 0 Å². The fourth-order valence-electron chi connectivity index (χ4n) is 1.72. The van der Waals surface area contributed by atoms with Crippen LogP contribution in [0, 0.1) is 13.8 Å². The van der Waals surface area contributed by atoms with Crippen molar-refractivity contribution in [3.63, 3.8) is 0 Å². The molecule has 0 aliphatic rings. The first kappa shape index (κ1) is 13.7. The molecule has 0 unspecified atom stereocenters. The smallest absolute Gasteiger partial charge is 0.242 e. The number of carbonyl (C=O) groups is 1. The topological polar surface area (TPSA) is 59.8 Å². The summed E-state index contributed by atoms with van der Waals surface area (Å²) < 4.78 is 2.64. The molecule has 0 radical (unpaired) electrons. The van der Waals surface area contributed by atoms with Crippen molar-refractivity contribution in [2.75, 3.05) is 0 Å². The molecule has 2 aromatic rings. The van der Waals surface area contributed by atoms with Gasteiger partial charge in [0.05, 0.1) is 15.9 Å². The van der Waals surface area contributed by atoms with Crippen LogP contribution in [0.25, 0.3) is 0 Å². The van der Waals surface area contributed by atoms with Crippen molar-refractivity contribution in [3.8, 4) is 0 Å². The number of nitrogens with zero attached hydrogens (tertiary/aromatic N) is 3. The van der Waals surface area contributed by atoms with Crippen LogP contribution in [-0.4, -0.2) is 20.7 Å². The third-order valence-corrected chi connectivity index (χ3v) is 3.95. The highest BCUT2D eigenvalue weighted by Crippen LogP contribution is 2.19. The van der Waals surface area contributed by atoms with Gasteiger partial charge in [0, 0.05) is 18.9 Å². The first-order valence-corrected chi connectivity index (χ1v) is 6.72. The van der Waals surface area contributed by atoms with E-state index in [1.807, 2.05) is 26.0 Å². The van der Waals surface area contributed by atoms with Crippen LogP contribution < -0.4 is 5.32 Å². The predicted octanol–water partition coefficient (Wildman–Crippen LogP) is 1.97. The Morgan fingerprint density at radius 2 is 2.26 bits per heavy atom. The first-order valence-electron chi connectivity index (χ1n) is 5.93. The van der Waals surface area contributed by atoms with E-state index in [1.165, 1.54) is 0 Å². The van der Waals surface area contributed by atoms with Crippen LogP contribution in [0.3, 0.4) is 0 Å². The molecule has 0 aliphatic carbocycles. The largest absolute Gasteiger partial charge is 0.350 e. The minimum absolute atomic E-state index is 0.0676. The van der Waals surface area contributed by atoms with Crippen molar-refractivity contribution >= 4 is 21.8 Å².